The molecule has 0 aromatic heterocycles. The van der Waals surface area contributed by atoms with Gasteiger partial charge in [0, 0.05) is 37.3 Å². The van der Waals surface area contributed by atoms with Crippen LogP contribution < -0.4 is 0 Å². The number of nitrogens with zero attached hydrogens (tertiary/aromatic N) is 2. The summed E-state index contributed by atoms with van der Waals surface area (Å²) >= 11 is 0. The van der Waals surface area contributed by atoms with Crippen LogP contribution in [0.1, 0.15) is 41.0 Å². The molecule has 0 bridgehead atoms. The maximum absolute atomic E-state index is 6.49. The van der Waals surface area contributed by atoms with Crippen LogP contribution in [0.2, 0.25) is 0 Å². The molecule has 4 saturated heterocycles. The topological polar surface area (TPSA) is 43.4 Å². The molecule has 0 spiro atoms. The summed E-state index contributed by atoms with van der Waals surface area (Å²) < 4.78 is 24.5. The molecule has 4 aliphatic heterocycles. The molecule has 0 N–H and O–H groups in total. The summed E-state index contributed by atoms with van der Waals surface area (Å²) in [5.41, 5.74) is 0.220. The number of likely N-dealkylation sites (tertiary alicyclic amines) is 2. The summed E-state index contributed by atoms with van der Waals surface area (Å²) in [6.07, 6.45) is 2.03. The number of hydrogen-bond acceptors (Lipinski definition) is 6. The van der Waals surface area contributed by atoms with E-state index in [1.807, 2.05) is 0 Å². The van der Waals surface area contributed by atoms with E-state index in [1.54, 1.807) is 0 Å². The monoisotopic (exact) mass is 368 g/mol. The first-order chi connectivity index (χ1) is 12.2. The number of ether oxygens (including phenoxy) is 4. The molecule has 6 heteroatoms. The molecular weight excluding hydrogens is 332 g/mol. The van der Waals surface area contributed by atoms with Crippen LogP contribution in [0.3, 0.4) is 0 Å². The van der Waals surface area contributed by atoms with Crippen molar-refractivity contribution >= 4 is 0 Å². The van der Waals surface area contributed by atoms with Crippen molar-refractivity contribution in [1.82, 2.24) is 9.80 Å². The molecule has 0 saturated carbocycles. The van der Waals surface area contributed by atoms with Crippen molar-refractivity contribution in [3.05, 3.63) is 0 Å². The van der Waals surface area contributed by atoms with E-state index in [2.05, 4.69) is 44.4 Å². The van der Waals surface area contributed by atoms with Crippen molar-refractivity contribution in [3.63, 3.8) is 0 Å². The van der Waals surface area contributed by atoms with Crippen molar-refractivity contribution < 1.29 is 18.9 Å². The molecule has 6 nitrogen and oxygen atoms in total. The van der Waals surface area contributed by atoms with Crippen LogP contribution in [0.25, 0.3) is 0 Å². The highest BCUT2D eigenvalue weighted by atomic mass is 16.6. The van der Waals surface area contributed by atoms with Gasteiger partial charge >= 0.3 is 0 Å². The first-order valence-electron chi connectivity index (χ1n) is 10.2. The Morgan fingerprint density at radius 2 is 1.27 bits per heavy atom. The minimum Gasteiger partial charge on any atom is -0.372 e. The average molecular weight is 369 g/mol. The van der Waals surface area contributed by atoms with Crippen molar-refractivity contribution in [2.75, 3.05) is 46.0 Å². The summed E-state index contributed by atoms with van der Waals surface area (Å²) in [5, 5.41) is 0. The molecule has 3 unspecified atom stereocenters. The van der Waals surface area contributed by atoms with Gasteiger partial charge in [0.05, 0.1) is 50.3 Å². The molecule has 0 aliphatic carbocycles. The second-order valence-electron chi connectivity index (χ2n) is 9.98. The first kappa shape index (κ1) is 19.1. The normalized spacial score (nSPS) is 39.8. The Hall–Kier alpha value is -0.240. The fraction of sp³-hybridized carbons (Fsp3) is 1.00. The molecule has 150 valence electrons. The van der Waals surface area contributed by atoms with Gasteiger partial charge in [0.2, 0.25) is 0 Å². The Bertz CT molecular complexity index is 493. The van der Waals surface area contributed by atoms with Crippen LogP contribution in [0.15, 0.2) is 0 Å². The van der Waals surface area contributed by atoms with Crippen LogP contribution in [-0.4, -0.2) is 97.4 Å². The molecule has 0 aromatic carbocycles. The lowest BCUT2D eigenvalue weighted by Crippen LogP contribution is -2.50. The SMILES string of the molecule is CC(C)(C)N1C[C@@H]2OCC(CC(C)(C)N3CC4OCCOC4C3)O[C@@H]2C1. The third-order valence-electron chi connectivity index (χ3n) is 6.57. The van der Waals surface area contributed by atoms with Gasteiger partial charge in [0.25, 0.3) is 0 Å². The Morgan fingerprint density at radius 3 is 1.88 bits per heavy atom. The van der Waals surface area contributed by atoms with Crippen LogP contribution in [0.5, 0.6) is 0 Å². The quantitative estimate of drug-likeness (QED) is 0.753. The second kappa shape index (κ2) is 6.98. The van der Waals surface area contributed by atoms with Crippen molar-refractivity contribution in [2.24, 2.45) is 0 Å². The maximum Gasteiger partial charge on any atom is 0.0980 e. The predicted molar refractivity (Wildman–Crippen MR) is 99.5 cm³/mol. The molecule has 5 atom stereocenters. The molecular formula is C20H36N2O4. The van der Waals surface area contributed by atoms with Crippen molar-refractivity contribution in [3.8, 4) is 0 Å². The summed E-state index contributed by atoms with van der Waals surface area (Å²) in [4.78, 5) is 4.99. The van der Waals surface area contributed by atoms with E-state index in [4.69, 9.17) is 18.9 Å². The van der Waals surface area contributed by atoms with Crippen LogP contribution in [0, 0.1) is 0 Å². The summed E-state index contributed by atoms with van der Waals surface area (Å²) in [6, 6.07) is 0. The lowest BCUT2D eigenvalue weighted by Gasteiger charge is -2.41. The predicted octanol–water partition coefficient (Wildman–Crippen LogP) is 1.52. The lowest BCUT2D eigenvalue weighted by atomic mass is 9.94. The van der Waals surface area contributed by atoms with E-state index >= 15 is 0 Å². The molecule has 4 heterocycles. The molecule has 26 heavy (non-hydrogen) atoms. The standard InChI is InChI=1S/C20H36N2O4/c1-19(2,3)21-9-17-18(12-21)26-14(13-25-17)8-20(4,5)22-10-15-16(11-22)24-7-6-23-15/h14-18H,6-13H2,1-5H3/t14?,15?,16?,17-,18+/m0/s1. The van der Waals surface area contributed by atoms with E-state index in [1.165, 1.54) is 0 Å². The molecule has 0 amide bonds. The minimum absolute atomic E-state index is 0.0489. The van der Waals surface area contributed by atoms with Gasteiger partial charge in [0.1, 0.15) is 0 Å². The van der Waals surface area contributed by atoms with Gasteiger partial charge in [-0.25, -0.2) is 0 Å². The van der Waals surface area contributed by atoms with E-state index in [-0.39, 0.29) is 41.6 Å². The van der Waals surface area contributed by atoms with E-state index in [0.29, 0.717) is 6.61 Å². The fourth-order valence-corrected chi connectivity index (χ4v) is 4.85. The zero-order valence-electron chi connectivity index (χ0n) is 17.1. The zero-order valence-corrected chi connectivity index (χ0v) is 17.1. The van der Waals surface area contributed by atoms with E-state index < -0.39 is 0 Å². The minimum atomic E-state index is 0.0489. The second-order valence-corrected chi connectivity index (χ2v) is 9.98. The highest BCUT2D eigenvalue weighted by Gasteiger charge is 2.46. The van der Waals surface area contributed by atoms with Crippen LogP contribution >= 0.6 is 0 Å². The summed E-state index contributed by atoms with van der Waals surface area (Å²) in [6.45, 7) is 17.4. The fourth-order valence-electron chi connectivity index (χ4n) is 4.85. The highest BCUT2D eigenvalue weighted by Crippen LogP contribution is 2.34. The van der Waals surface area contributed by atoms with Gasteiger partial charge in [-0.15, -0.1) is 0 Å². The van der Waals surface area contributed by atoms with Gasteiger partial charge in [-0.05, 0) is 41.0 Å². The zero-order chi connectivity index (χ0) is 18.5. The molecule has 4 aliphatic rings. The van der Waals surface area contributed by atoms with E-state index in [9.17, 15) is 0 Å². The Balaban J connectivity index is 1.33. The lowest BCUT2D eigenvalue weighted by molar-refractivity contribution is -0.170. The molecule has 0 aromatic rings. The van der Waals surface area contributed by atoms with Crippen molar-refractivity contribution in [2.45, 2.75) is 82.6 Å². The maximum atomic E-state index is 6.49. The third-order valence-corrected chi connectivity index (χ3v) is 6.57. The van der Waals surface area contributed by atoms with Crippen LogP contribution in [-0.2, 0) is 18.9 Å². The smallest absolute Gasteiger partial charge is 0.0980 e. The van der Waals surface area contributed by atoms with Crippen molar-refractivity contribution in [1.29, 1.82) is 0 Å². The van der Waals surface area contributed by atoms with Crippen LogP contribution in [0.4, 0.5) is 0 Å². The number of hydrogen-bond donors (Lipinski definition) is 0. The summed E-state index contributed by atoms with van der Waals surface area (Å²) in [7, 11) is 0. The van der Waals surface area contributed by atoms with Gasteiger partial charge < -0.3 is 18.9 Å². The number of fused-ring (bicyclic) bond motifs is 2. The Morgan fingerprint density at radius 1 is 0.731 bits per heavy atom. The Kier molecular flexibility index (Phi) is 5.12. The van der Waals surface area contributed by atoms with E-state index in [0.717, 1.165) is 45.8 Å². The third kappa shape index (κ3) is 3.82. The largest absolute Gasteiger partial charge is 0.372 e. The first-order valence-corrected chi connectivity index (χ1v) is 10.2. The average Bonchev–Trinajstić information content (AvgIpc) is 3.18. The molecule has 4 rings (SSSR count). The van der Waals surface area contributed by atoms with Gasteiger partial charge in [-0.2, -0.15) is 0 Å². The highest BCUT2D eigenvalue weighted by molar-refractivity contribution is 4.98. The van der Waals surface area contributed by atoms with Gasteiger partial charge in [-0.3, -0.25) is 9.80 Å². The molecule has 4 fully saturated rings. The molecule has 0 radical (unpaired) electrons. The van der Waals surface area contributed by atoms with Gasteiger partial charge in [-0.1, -0.05) is 0 Å². The number of rotatable bonds is 3. The Labute approximate surface area is 158 Å². The summed E-state index contributed by atoms with van der Waals surface area (Å²) in [5.74, 6) is 0. The van der Waals surface area contributed by atoms with Gasteiger partial charge in [0.15, 0.2) is 0 Å².